The maximum absolute atomic E-state index is 3.30. The van der Waals surface area contributed by atoms with Crippen molar-refractivity contribution >= 4 is 0 Å². The van der Waals surface area contributed by atoms with Gasteiger partial charge >= 0.3 is 0 Å². The Hall–Kier alpha value is -0.0800. The van der Waals surface area contributed by atoms with Crippen molar-refractivity contribution in [1.82, 2.24) is 10.2 Å². The van der Waals surface area contributed by atoms with E-state index in [9.17, 15) is 0 Å². The van der Waals surface area contributed by atoms with E-state index in [0.717, 1.165) is 5.92 Å². The molecule has 0 aliphatic heterocycles. The first-order valence-corrected chi connectivity index (χ1v) is 6.15. The fourth-order valence-electron chi connectivity index (χ4n) is 1.94. The van der Waals surface area contributed by atoms with E-state index in [2.05, 4.69) is 24.1 Å². The largest absolute Gasteiger partial charge is 0.317 e. The van der Waals surface area contributed by atoms with Gasteiger partial charge in [0.05, 0.1) is 0 Å². The van der Waals surface area contributed by atoms with Crippen molar-refractivity contribution in [3.63, 3.8) is 0 Å². The van der Waals surface area contributed by atoms with Crippen molar-refractivity contribution in [1.29, 1.82) is 0 Å². The molecule has 2 heteroatoms. The van der Waals surface area contributed by atoms with Gasteiger partial charge in [0, 0.05) is 12.6 Å². The third-order valence-corrected chi connectivity index (χ3v) is 3.56. The lowest BCUT2D eigenvalue weighted by Gasteiger charge is -2.32. The van der Waals surface area contributed by atoms with Crippen LogP contribution in [0.2, 0.25) is 0 Å². The molecule has 0 amide bonds. The molecule has 0 saturated heterocycles. The fourth-order valence-corrected chi connectivity index (χ4v) is 1.94. The quantitative estimate of drug-likeness (QED) is 0.674. The van der Waals surface area contributed by atoms with Crippen molar-refractivity contribution in [3.05, 3.63) is 0 Å². The second-order valence-corrected chi connectivity index (χ2v) is 4.67. The third kappa shape index (κ3) is 3.97. The van der Waals surface area contributed by atoms with Gasteiger partial charge in [0.15, 0.2) is 0 Å². The van der Waals surface area contributed by atoms with Gasteiger partial charge in [-0.1, -0.05) is 13.3 Å². The normalized spacial score (nSPS) is 19.7. The summed E-state index contributed by atoms with van der Waals surface area (Å²) in [6.45, 7) is 8.36. The molecule has 1 aliphatic rings. The van der Waals surface area contributed by atoms with Crippen LogP contribution in [0.25, 0.3) is 0 Å². The molecular weight excluding hydrogens is 172 g/mol. The van der Waals surface area contributed by atoms with Crippen molar-refractivity contribution in [2.45, 2.75) is 45.6 Å². The molecule has 1 atom stereocenters. The minimum atomic E-state index is 0.658. The molecule has 0 spiro atoms. The lowest BCUT2D eigenvalue weighted by molar-refractivity contribution is 0.179. The highest BCUT2D eigenvalue weighted by molar-refractivity contribution is 4.74. The van der Waals surface area contributed by atoms with Gasteiger partial charge in [-0.05, 0) is 52.2 Å². The summed E-state index contributed by atoms with van der Waals surface area (Å²) in [5.41, 5.74) is 0. The van der Waals surface area contributed by atoms with E-state index in [0.29, 0.717) is 6.04 Å². The molecule has 1 rings (SSSR count). The highest BCUT2D eigenvalue weighted by Crippen LogP contribution is 2.26. The maximum atomic E-state index is 3.30. The predicted molar refractivity (Wildman–Crippen MR) is 62.6 cm³/mol. The highest BCUT2D eigenvalue weighted by Gasteiger charge is 2.19. The lowest BCUT2D eigenvalue weighted by Crippen LogP contribution is -2.35. The molecular formula is C12H26N2. The van der Waals surface area contributed by atoms with Crippen LogP contribution in [-0.2, 0) is 0 Å². The molecule has 1 N–H and O–H groups in total. The number of hydrogen-bond acceptors (Lipinski definition) is 2. The van der Waals surface area contributed by atoms with Crippen LogP contribution in [0.4, 0.5) is 0 Å². The Balaban J connectivity index is 2.10. The summed E-state index contributed by atoms with van der Waals surface area (Å²) in [6, 6.07) is 0.658. The van der Waals surface area contributed by atoms with Crippen molar-refractivity contribution in [2.24, 2.45) is 5.92 Å². The zero-order chi connectivity index (χ0) is 10.4. The number of nitrogens with one attached hydrogen (secondary N) is 1. The zero-order valence-corrected chi connectivity index (χ0v) is 10.1. The van der Waals surface area contributed by atoms with Gasteiger partial charge in [-0.2, -0.15) is 0 Å². The van der Waals surface area contributed by atoms with E-state index in [1.807, 2.05) is 7.05 Å². The van der Waals surface area contributed by atoms with E-state index in [-0.39, 0.29) is 0 Å². The van der Waals surface area contributed by atoms with Crippen LogP contribution in [-0.4, -0.2) is 37.6 Å². The molecule has 0 aromatic heterocycles. The average molecular weight is 198 g/mol. The Labute approximate surface area is 89.1 Å². The summed E-state index contributed by atoms with van der Waals surface area (Å²) >= 11 is 0. The van der Waals surface area contributed by atoms with Gasteiger partial charge in [0.1, 0.15) is 0 Å². The molecule has 2 nitrogen and oxygen atoms in total. The van der Waals surface area contributed by atoms with Crippen molar-refractivity contribution in [2.75, 3.05) is 26.7 Å². The summed E-state index contributed by atoms with van der Waals surface area (Å²) in [5.74, 6) is 1.01. The maximum Gasteiger partial charge on any atom is 0.00479 e. The molecule has 1 fully saturated rings. The summed E-state index contributed by atoms with van der Waals surface area (Å²) in [4.78, 5) is 2.61. The molecule has 0 aromatic carbocycles. The Morgan fingerprint density at radius 1 is 1.43 bits per heavy atom. The van der Waals surface area contributed by atoms with E-state index < -0.39 is 0 Å². The Bertz CT molecular complexity index is 143. The van der Waals surface area contributed by atoms with E-state index in [1.54, 1.807) is 0 Å². The lowest BCUT2D eigenvalue weighted by atomic mass is 9.85. The molecule has 0 bridgehead atoms. The Morgan fingerprint density at radius 3 is 2.57 bits per heavy atom. The van der Waals surface area contributed by atoms with Gasteiger partial charge in [0.2, 0.25) is 0 Å². The first-order valence-electron chi connectivity index (χ1n) is 6.15. The van der Waals surface area contributed by atoms with Crippen LogP contribution < -0.4 is 5.32 Å². The Kier molecular flexibility index (Phi) is 5.49. The van der Waals surface area contributed by atoms with Crippen LogP contribution in [0.5, 0.6) is 0 Å². The van der Waals surface area contributed by atoms with E-state index >= 15 is 0 Å². The van der Waals surface area contributed by atoms with Crippen molar-refractivity contribution in [3.8, 4) is 0 Å². The second kappa shape index (κ2) is 6.41. The monoisotopic (exact) mass is 198 g/mol. The molecule has 84 valence electrons. The SMILES string of the molecule is CCN(CCC(C)NC)CC1CCC1. The zero-order valence-electron chi connectivity index (χ0n) is 10.1. The molecule has 0 heterocycles. The molecule has 1 unspecified atom stereocenters. The molecule has 1 aliphatic carbocycles. The van der Waals surface area contributed by atoms with E-state index in [4.69, 9.17) is 0 Å². The minimum Gasteiger partial charge on any atom is -0.317 e. The first-order chi connectivity index (χ1) is 6.76. The molecule has 0 aromatic rings. The summed E-state index contributed by atoms with van der Waals surface area (Å²) in [5, 5.41) is 3.30. The third-order valence-electron chi connectivity index (χ3n) is 3.56. The van der Waals surface area contributed by atoms with E-state index in [1.165, 1.54) is 45.3 Å². The number of rotatable bonds is 7. The Morgan fingerprint density at radius 2 is 2.14 bits per heavy atom. The molecule has 0 radical (unpaired) electrons. The first kappa shape index (κ1) is 12.0. The molecule has 14 heavy (non-hydrogen) atoms. The topological polar surface area (TPSA) is 15.3 Å². The number of nitrogens with zero attached hydrogens (tertiary/aromatic N) is 1. The average Bonchev–Trinajstić information content (AvgIpc) is 2.15. The van der Waals surface area contributed by atoms with Gasteiger partial charge in [-0.25, -0.2) is 0 Å². The predicted octanol–water partition coefficient (Wildman–Crippen LogP) is 2.11. The minimum absolute atomic E-state index is 0.658. The standard InChI is InChI=1S/C12H26N2/c1-4-14(9-8-11(2)13-3)10-12-6-5-7-12/h11-13H,4-10H2,1-3H3. The molecule has 1 saturated carbocycles. The van der Waals surface area contributed by atoms with Crippen LogP contribution in [0, 0.1) is 5.92 Å². The van der Waals surface area contributed by atoms with Gasteiger partial charge in [0.25, 0.3) is 0 Å². The van der Waals surface area contributed by atoms with Crippen LogP contribution in [0.3, 0.4) is 0 Å². The highest BCUT2D eigenvalue weighted by atomic mass is 15.1. The van der Waals surface area contributed by atoms with Crippen LogP contribution in [0.15, 0.2) is 0 Å². The van der Waals surface area contributed by atoms with Crippen LogP contribution >= 0.6 is 0 Å². The number of hydrogen-bond donors (Lipinski definition) is 1. The van der Waals surface area contributed by atoms with Crippen molar-refractivity contribution < 1.29 is 0 Å². The van der Waals surface area contributed by atoms with Gasteiger partial charge < -0.3 is 10.2 Å². The smallest absolute Gasteiger partial charge is 0.00479 e. The fraction of sp³-hybridized carbons (Fsp3) is 1.00. The van der Waals surface area contributed by atoms with Gasteiger partial charge in [-0.15, -0.1) is 0 Å². The van der Waals surface area contributed by atoms with Gasteiger partial charge in [-0.3, -0.25) is 0 Å². The second-order valence-electron chi connectivity index (χ2n) is 4.67. The summed E-state index contributed by atoms with van der Waals surface area (Å²) < 4.78 is 0. The summed E-state index contributed by atoms with van der Waals surface area (Å²) in [6.07, 6.45) is 5.68. The summed E-state index contributed by atoms with van der Waals surface area (Å²) in [7, 11) is 2.05. The van der Waals surface area contributed by atoms with Crippen LogP contribution in [0.1, 0.15) is 39.5 Å².